The summed E-state index contributed by atoms with van der Waals surface area (Å²) in [6, 6.07) is 7.11. The third-order valence-electron chi connectivity index (χ3n) is 6.41. The van der Waals surface area contributed by atoms with Crippen molar-refractivity contribution in [3.8, 4) is 0 Å². The molecule has 1 fully saturated rings. The maximum Gasteiger partial charge on any atom is 0.407 e. The molecule has 0 unspecified atom stereocenters. The summed E-state index contributed by atoms with van der Waals surface area (Å²) in [5.41, 5.74) is 2.78. The van der Waals surface area contributed by atoms with Crippen molar-refractivity contribution in [3.05, 3.63) is 85.9 Å². The summed E-state index contributed by atoms with van der Waals surface area (Å²) in [4.78, 5) is 42.6. The molecule has 1 aliphatic carbocycles. The molecule has 0 aliphatic heterocycles. The predicted octanol–water partition coefficient (Wildman–Crippen LogP) is 4.80. The highest BCUT2D eigenvalue weighted by atomic mass is 35.5. The van der Waals surface area contributed by atoms with Crippen molar-refractivity contribution in [1.82, 2.24) is 20.2 Å². The van der Waals surface area contributed by atoms with E-state index in [4.69, 9.17) is 20.8 Å². The third-order valence-corrected chi connectivity index (χ3v) is 6.64. The largest absolute Gasteiger partial charge is 0.448 e. The number of pyridine rings is 1. The number of ether oxygens (including phenoxy) is 1. The number of carbonyl (C=O) groups is 2. The Morgan fingerprint density at radius 2 is 1.90 bits per heavy atom. The van der Waals surface area contributed by atoms with Crippen LogP contribution in [0.5, 0.6) is 0 Å². The highest BCUT2D eigenvalue weighted by Gasteiger charge is 2.28. The SMILES string of the molecule is Cc1ccn(CCc2coc(C3CC3)n2)c(=O)c1CC(=O)NCc1cc(Cl)ccc1CNC(=O)OC(C)(C)C. The van der Waals surface area contributed by atoms with Gasteiger partial charge in [0, 0.05) is 48.8 Å². The van der Waals surface area contributed by atoms with E-state index in [0.29, 0.717) is 29.5 Å². The van der Waals surface area contributed by atoms with Gasteiger partial charge in [0.2, 0.25) is 5.91 Å². The number of oxazole rings is 1. The normalized spacial score (nSPS) is 13.3. The number of alkyl carbamates (subject to hydrolysis) is 1. The van der Waals surface area contributed by atoms with Gasteiger partial charge >= 0.3 is 6.09 Å². The number of aryl methyl sites for hydroxylation is 3. The van der Waals surface area contributed by atoms with Gasteiger partial charge in [0.25, 0.3) is 5.56 Å². The summed E-state index contributed by atoms with van der Waals surface area (Å²) in [7, 11) is 0. The second-order valence-corrected chi connectivity index (χ2v) is 11.3. The Morgan fingerprint density at radius 1 is 1.15 bits per heavy atom. The lowest BCUT2D eigenvalue weighted by molar-refractivity contribution is -0.120. The van der Waals surface area contributed by atoms with E-state index in [0.717, 1.165) is 41.1 Å². The van der Waals surface area contributed by atoms with Gasteiger partial charge in [0.1, 0.15) is 11.9 Å². The number of nitrogens with one attached hydrogen (secondary N) is 2. The summed E-state index contributed by atoms with van der Waals surface area (Å²) in [6.45, 7) is 8.06. The fraction of sp³-hybridized carbons (Fsp3) is 0.448. The van der Waals surface area contributed by atoms with Gasteiger partial charge in [-0.05, 0) is 75.4 Å². The standard InChI is InChI=1S/C29H35ClN4O5/c1-18-9-11-34(12-10-23-17-38-26(33-23)19-5-6-19)27(36)24(18)14-25(35)31-16-21-13-22(30)8-7-20(21)15-32-28(37)39-29(2,3)4/h7-9,11,13,17,19H,5-6,10,12,14-16H2,1-4H3,(H,31,35)(H,32,37). The van der Waals surface area contributed by atoms with Crippen molar-refractivity contribution in [2.45, 2.75) is 84.5 Å². The molecule has 2 N–H and O–H groups in total. The van der Waals surface area contributed by atoms with Gasteiger partial charge in [-0.2, -0.15) is 0 Å². The Bertz CT molecular complexity index is 1400. The maximum atomic E-state index is 13.2. The fourth-order valence-corrected chi connectivity index (χ4v) is 4.32. The summed E-state index contributed by atoms with van der Waals surface area (Å²) in [5.74, 6) is 0.932. The molecule has 2 aromatic heterocycles. The van der Waals surface area contributed by atoms with E-state index in [1.807, 2.05) is 13.0 Å². The molecule has 0 spiro atoms. The summed E-state index contributed by atoms with van der Waals surface area (Å²) in [5, 5.41) is 6.12. The van der Waals surface area contributed by atoms with Crippen LogP contribution in [0, 0.1) is 6.92 Å². The molecule has 208 valence electrons. The van der Waals surface area contributed by atoms with Gasteiger partial charge in [0.05, 0.1) is 12.1 Å². The monoisotopic (exact) mass is 554 g/mol. The van der Waals surface area contributed by atoms with Crippen LogP contribution in [0.25, 0.3) is 0 Å². The number of nitrogens with zero attached hydrogens (tertiary/aromatic N) is 2. The van der Waals surface area contributed by atoms with Gasteiger partial charge in [-0.15, -0.1) is 0 Å². The number of aromatic nitrogens is 2. The minimum atomic E-state index is -0.606. The van der Waals surface area contributed by atoms with Gasteiger partial charge in [-0.25, -0.2) is 9.78 Å². The van der Waals surface area contributed by atoms with E-state index >= 15 is 0 Å². The molecule has 0 bridgehead atoms. The van der Waals surface area contributed by atoms with Crippen LogP contribution in [0.1, 0.15) is 73.4 Å². The molecule has 0 atom stereocenters. The Morgan fingerprint density at radius 3 is 2.62 bits per heavy atom. The lowest BCUT2D eigenvalue weighted by Crippen LogP contribution is -2.33. The lowest BCUT2D eigenvalue weighted by atomic mass is 10.1. The van der Waals surface area contributed by atoms with Crippen LogP contribution >= 0.6 is 11.6 Å². The number of hydrogen-bond donors (Lipinski definition) is 2. The van der Waals surface area contributed by atoms with E-state index in [2.05, 4.69) is 15.6 Å². The lowest BCUT2D eigenvalue weighted by Gasteiger charge is -2.20. The van der Waals surface area contributed by atoms with Crippen LogP contribution in [0.2, 0.25) is 5.02 Å². The Hall–Kier alpha value is -3.59. The molecule has 1 aromatic carbocycles. The first-order valence-electron chi connectivity index (χ1n) is 13.1. The van der Waals surface area contributed by atoms with E-state index < -0.39 is 11.7 Å². The van der Waals surface area contributed by atoms with Gasteiger partial charge in [-0.3, -0.25) is 9.59 Å². The molecule has 1 saturated carbocycles. The average Bonchev–Trinajstić information content (AvgIpc) is 3.61. The first-order valence-corrected chi connectivity index (χ1v) is 13.5. The molecule has 1 aliphatic rings. The Labute approximate surface area is 232 Å². The highest BCUT2D eigenvalue weighted by molar-refractivity contribution is 6.30. The summed E-state index contributed by atoms with van der Waals surface area (Å²) >= 11 is 6.19. The first kappa shape index (κ1) is 28.4. The molecule has 0 saturated heterocycles. The van der Waals surface area contributed by atoms with Crippen LogP contribution < -0.4 is 16.2 Å². The van der Waals surface area contributed by atoms with Crippen molar-refractivity contribution in [2.75, 3.05) is 0 Å². The number of carbonyl (C=O) groups excluding carboxylic acids is 2. The zero-order valence-corrected chi connectivity index (χ0v) is 23.6. The second-order valence-electron chi connectivity index (χ2n) is 10.9. The number of amides is 2. The second kappa shape index (κ2) is 12.1. The van der Waals surface area contributed by atoms with Crippen molar-refractivity contribution in [1.29, 1.82) is 0 Å². The van der Waals surface area contributed by atoms with Gasteiger partial charge < -0.3 is 24.4 Å². The zero-order chi connectivity index (χ0) is 28.2. The van der Waals surface area contributed by atoms with Crippen molar-refractivity contribution < 1.29 is 18.7 Å². The Kier molecular flexibility index (Phi) is 8.80. The number of benzene rings is 1. The highest BCUT2D eigenvalue weighted by Crippen LogP contribution is 2.39. The molecule has 3 aromatic rings. The van der Waals surface area contributed by atoms with Gasteiger partial charge in [0.15, 0.2) is 5.89 Å². The van der Waals surface area contributed by atoms with E-state index in [-0.39, 0.29) is 31.0 Å². The molecule has 2 amide bonds. The molecule has 10 heteroatoms. The van der Waals surface area contributed by atoms with Crippen LogP contribution in [0.4, 0.5) is 4.79 Å². The van der Waals surface area contributed by atoms with Crippen molar-refractivity contribution in [2.24, 2.45) is 0 Å². The quantitative estimate of drug-likeness (QED) is 0.372. The summed E-state index contributed by atoms with van der Waals surface area (Å²) < 4.78 is 12.4. The number of halogens is 1. The fourth-order valence-electron chi connectivity index (χ4n) is 4.12. The zero-order valence-electron chi connectivity index (χ0n) is 22.8. The summed E-state index contributed by atoms with van der Waals surface area (Å²) in [6.07, 6.45) is 5.63. The first-order chi connectivity index (χ1) is 18.5. The van der Waals surface area contributed by atoms with Crippen molar-refractivity contribution >= 4 is 23.6 Å². The molecule has 9 nitrogen and oxygen atoms in total. The molecular weight excluding hydrogens is 520 g/mol. The predicted molar refractivity (Wildman–Crippen MR) is 148 cm³/mol. The van der Waals surface area contributed by atoms with E-state index in [9.17, 15) is 14.4 Å². The molecule has 0 radical (unpaired) electrons. The average molecular weight is 555 g/mol. The molecule has 4 rings (SSSR count). The molecule has 2 heterocycles. The molecular formula is C29H35ClN4O5. The van der Waals surface area contributed by atoms with Crippen LogP contribution in [-0.2, 0) is 42.0 Å². The maximum absolute atomic E-state index is 13.2. The van der Waals surface area contributed by atoms with Crippen LogP contribution in [0.3, 0.4) is 0 Å². The smallest absolute Gasteiger partial charge is 0.407 e. The third kappa shape index (κ3) is 8.20. The van der Waals surface area contributed by atoms with Crippen molar-refractivity contribution in [3.63, 3.8) is 0 Å². The number of hydrogen-bond acceptors (Lipinski definition) is 6. The molecule has 39 heavy (non-hydrogen) atoms. The topological polar surface area (TPSA) is 115 Å². The van der Waals surface area contributed by atoms with Gasteiger partial charge in [-0.1, -0.05) is 17.7 Å². The minimum Gasteiger partial charge on any atom is -0.448 e. The van der Waals surface area contributed by atoms with Crippen LogP contribution in [-0.4, -0.2) is 27.2 Å². The number of rotatable bonds is 10. The Balaban J connectivity index is 1.36. The minimum absolute atomic E-state index is 0.0483. The van der Waals surface area contributed by atoms with E-state index in [1.54, 1.807) is 56.0 Å². The van der Waals surface area contributed by atoms with Crippen LogP contribution in [0.15, 0.2) is 45.9 Å². The van der Waals surface area contributed by atoms with E-state index in [1.165, 1.54) is 0 Å².